The molecule has 7 nitrogen and oxygen atoms in total. The zero-order valence-electron chi connectivity index (χ0n) is 14.9. The van der Waals surface area contributed by atoms with Crippen molar-refractivity contribution < 1.29 is 14.3 Å². The molecule has 0 aliphatic rings. The standard InChI is InChI=1S/C20H16BrN3O4/c1-2-28-20(27)18-16(22-19(26)13-8-10-14(21)11-9-13)12-17(25)24(23-18)15-6-4-3-5-7-15/h3-12H,2H2,1H3,(H,22,26). The smallest absolute Gasteiger partial charge is 0.360 e. The van der Waals surface area contributed by atoms with E-state index in [-0.39, 0.29) is 18.0 Å². The molecule has 0 atom stereocenters. The lowest BCUT2D eigenvalue weighted by Gasteiger charge is -2.12. The number of anilines is 1. The number of esters is 1. The summed E-state index contributed by atoms with van der Waals surface area (Å²) in [5, 5.41) is 6.70. The Bertz CT molecular complexity index is 1060. The third-order valence-electron chi connectivity index (χ3n) is 3.76. The quantitative estimate of drug-likeness (QED) is 0.612. The summed E-state index contributed by atoms with van der Waals surface area (Å²) in [6, 6.07) is 16.5. The van der Waals surface area contributed by atoms with Crippen LogP contribution in [0.4, 0.5) is 5.69 Å². The zero-order chi connectivity index (χ0) is 20.1. The Kier molecular flexibility index (Phi) is 6.00. The number of rotatable bonds is 5. The Balaban J connectivity index is 2.03. The van der Waals surface area contributed by atoms with Gasteiger partial charge >= 0.3 is 5.97 Å². The predicted molar refractivity (Wildman–Crippen MR) is 108 cm³/mol. The minimum Gasteiger partial charge on any atom is -0.461 e. The Labute approximate surface area is 169 Å². The zero-order valence-corrected chi connectivity index (χ0v) is 16.5. The molecule has 0 fully saturated rings. The summed E-state index contributed by atoms with van der Waals surface area (Å²) >= 11 is 3.30. The van der Waals surface area contributed by atoms with Crippen molar-refractivity contribution in [2.24, 2.45) is 0 Å². The number of nitrogens with zero attached hydrogens (tertiary/aromatic N) is 2. The molecule has 0 saturated carbocycles. The molecule has 0 aliphatic heterocycles. The van der Waals surface area contributed by atoms with Gasteiger partial charge in [-0.15, -0.1) is 0 Å². The topological polar surface area (TPSA) is 90.3 Å². The van der Waals surface area contributed by atoms with Crippen LogP contribution in [0.5, 0.6) is 0 Å². The van der Waals surface area contributed by atoms with Gasteiger partial charge in [0.2, 0.25) is 0 Å². The van der Waals surface area contributed by atoms with Crippen LogP contribution >= 0.6 is 15.9 Å². The van der Waals surface area contributed by atoms with E-state index in [1.807, 2.05) is 0 Å². The van der Waals surface area contributed by atoms with Gasteiger partial charge in [-0.25, -0.2) is 4.79 Å². The lowest BCUT2D eigenvalue weighted by Crippen LogP contribution is -2.27. The van der Waals surface area contributed by atoms with E-state index in [0.29, 0.717) is 11.3 Å². The number of para-hydroxylation sites is 1. The van der Waals surface area contributed by atoms with Crippen LogP contribution in [-0.4, -0.2) is 28.3 Å². The van der Waals surface area contributed by atoms with Gasteiger partial charge in [-0.3, -0.25) is 9.59 Å². The Hall–Kier alpha value is -3.26. The summed E-state index contributed by atoms with van der Waals surface area (Å²) in [5.74, 6) is -1.21. The molecule has 0 unspecified atom stereocenters. The number of carbonyl (C=O) groups excluding carboxylic acids is 2. The second-order valence-corrected chi connectivity index (χ2v) is 6.59. The van der Waals surface area contributed by atoms with Gasteiger partial charge in [-0.1, -0.05) is 34.1 Å². The number of halogens is 1. The van der Waals surface area contributed by atoms with Crippen LogP contribution in [-0.2, 0) is 4.74 Å². The van der Waals surface area contributed by atoms with Gasteiger partial charge in [-0.2, -0.15) is 9.78 Å². The highest BCUT2D eigenvalue weighted by Crippen LogP contribution is 2.16. The van der Waals surface area contributed by atoms with Crippen LogP contribution in [0.25, 0.3) is 5.69 Å². The fourth-order valence-corrected chi connectivity index (χ4v) is 2.72. The van der Waals surface area contributed by atoms with E-state index in [4.69, 9.17) is 4.74 Å². The second-order valence-electron chi connectivity index (χ2n) is 5.67. The first-order valence-electron chi connectivity index (χ1n) is 8.43. The highest BCUT2D eigenvalue weighted by molar-refractivity contribution is 9.10. The third kappa shape index (κ3) is 4.34. The van der Waals surface area contributed by atoms with Gasteiger partial charge in [0.15, 0.2) is 5.69 Å². The number of amides is 1. The average Bonchev–Trinajstić information content (AvgIpc) is 2.69. The van der Waals surface area contributed by atoms with Crippen molar-refractivity contribution in [2.75, 3.05) is 11.9 Å². The SMILES string of the molecule is CCOC(=O)c1nn(-c2ccccc2)c(=O)cc1NC(=O)c1ccc(Br)cc1. The lowest BCUT2D eigenvalue weighted by molar-refractivity contribution is 0.0518. The lowest BCUT2D eigenvalue weighted by atomic mass is 10.2. The van der Waals surface area contributed by atoms with Crippen molar-refractivity contribution in [3.63, 3.8) is 0 Å². The molecule has 8 heteroatoms. The molecule has 1 amide bonds. The summed E-state index contributed by atoms with van der Waals surface area (Å²) in [6.07, 6.45) is 0. The van der Waals surface area contributed by atoms with Gasteiger partial charge < -0.3 is 10.1 Å². The maximum atomic E-state index is 12.5. The van der Waals surface area contributed by atoms with Crippen LogP contribution in [0, 0.1) is 0 Å². The first-order valence-corrected chi connectivity index (χ1v) is 9.22. The van der Waals surface area contributed by atoms with E-state index in [1.165, 1.54) is 0 Å². The highest BCUT2D eigenvalue weighted by Gasteiger charge is 2.20. The van der Waals surface area contributed by atoms with E-state index in [0.717, 1.165) is 15.2 Å². The molecule has 1 aromatic heterocycles. The number of ether oxygens (including phenoxy) is 1. The maximum Gasteiger partial charge on any atom is 0.360 e. The van der Waals surface area contributed by atoms with E-state index < -0.39 is 17.4 Å². The second kappa shape index (κ2) is 8.62. The fraction of sp³-hybridized carbons (Fsp3) is 0.100. The minimum atomic E-state index is -0.738. The van der Waals surface area contributed by atoms with Gasteiger partial charge in [0, 0.05) is 16.1 Å². The molecule has 28 heavy (non-hydrogen) atoms. The predicted octanol–water partition coefficient (Wildman–Crippen LogP) is 3.42. The van der Waals surface area contributed by atoms with Crippen molar-refractivity contribution in [2.45, 2.75) is 6.92 Å². The van der Waals surface area contributed by atoms with Crippen molar-refractivity contribution in [3.05, 3.63) is 86.7 Å². The van der Waals surface area contributed by atoms with Crippen molar-refractivity contribution >= 4 is 33.5 Å². The molecule has 0 saturated heterocycles. The van der Waals surface area contributed by atoms with Crippen molar-refractivity contribution in [1.29, 1.82) is 0 Å². The van der Waals surface area contributed by atoms with E-state index in [1.54, 1.807) is 61.5 Å². The summed E-state index contributed by atoms with van der Waals surface area (Å²) < 4.78 is 6.94. The average molecular weight is 442 g/mol. The fourth-order valence-electron chi connectivity index (χ4n) is 2.45. The summed E-state index contributed by atoms with van der Waals surface area (Å²) in [6.45, 7) is 1.79. The summed E-state index contributed by atoms with van der Waals surface area (Å²) in [4.78, 5) is 37.4. The molecule has 0 aliphatic carbocycles. The molecule has 1 heterocycles. The van der Waals surface area contributed by atoms with Gasteiger partial charge in [0.1, 0.15) is 0 Å². The largest absolute Gasteiger partial charge is 0.461 e. The van der Waals surface area contributed by atoms with Crippen molar-refractivity contribution in [3.8, 4) is 5.69 Å². The molecule has 3 rings (SSSR count). The molecule has 0 bridgehead atoms. The van der Waals surface area contributed by atoms with Gasteiger partial charge in [0.05, 0.1) is 18.0 Å². The number of hydrogen-bond acceptors (Lipinski definition) is 5. The van der Waals surface area contributed by atoms with E-state index in [9.17, 15) is 14.4 Å². The molecule has 142 valence electrons. The molecule has 2 aromatic carbocycles. The number of hydrogen-bond donors (Lipinski definition) is 1. The van der Waals surface area contributed by atoms with Crippen LogP contribution in [0.1, 0.15) is 27.8 Å². The summed E-state index contributed by atoms with van der Waals surface area (Å²) in [7, 11) is 0. The van der Waals surface area contributed by atoms with E-state index >= 15 is 0 Å². The van der Waals surface area contributed by atoms with Crippen LogP contribution in [0.2, 0.25) is 0 Å². The first kappa shape index (κ1) is 19.5. The normalized spacial score (nSPS) is 10.4. The van der Waals surface area contributed by atoms with E-state index in [2.05, 4.69) is 26.3 Å². The molecular formula is C20H16BrN3O4. The number of benzene rings is 2. The first-order chi connectivity index (χ1) is 13.5. The molecule has 0 radical (unpaired) electrons. The summed E-state index contributed by atoms with van der Waals surface area (Å²) in [5.41, 5.74) is 0.193. The number of aromatic nitrogens is 2. The van der Waals surface area contributed by atoms with Crippen LogP contribution < -0.4 is 10.9 Å². The molecule has 3 aromatic rings. The Morgan fingerprint density at radius 1 is 1.11 bits per heavy atom. The monoisotopic (exact) mass is 441 g/mol. The molecule has 1 N–H and O–H groups in total. The number of nitrogens with one attached hydrogen (secondary N) is 1. The van der Waals surface area contributed by atoms with Crippen LogP contribution in [0.15, 0.2) is 69.9 Å². The minimum absolute atomic E-state index is 0.0106. The van der Waals surface area contributed by atoms with Crippen molar-refractivity contribution in [1.82, 2.24) is 9.78 Å². The Morgan fingerprint density at radius 2 is 1.79 bits per heavy atom. The van der Waals surface area contributed by atoms with Gasteiger partial charge in [-0.05, 0) is 43.3 Å². The number of carbonyl (C=O) groups is 2. The third-order valence-corrected chi connectivity index (χ3v) is 4.28. The van der Waals surface area contributed by atoms with Crippen LogP contribution in [0.3, 0.4) is 0 Å². The van der Waals surface area contributed by atoms with Gasteiger partial charge in [0.25, 0.3) is 11.5 Å². The molecular weight excluding hydrogens is 426 g/mol. The molecule has 0 spiro atoms. The maximum absolute atomic E-state index is 12.5. The highest BCUT2D eigenvalue weighted by atomic mass is 79.9. The Morgan fingerprint density at radius 3 is 2.43 bits per heavy atom.